The fourth-order valence-corrected chi connectivity index (χ4v) is 4.11. The van der Waals surface area contributed by atoms with Crippen molar-refractivity contribution in [1.29, 1.82) is 0 Å². The number of fused-ring (bicyclic) bond motifs is 4. The van der Waals surface area contributed by atoms with E-state index < -0.39 is 42.0 Å². The van der Waals surface area contributed by atoms with Gasteiger partial charge in [0, 0.05) is 17.6 Å². The van der Waals surface area contributed by atoms with Gasteiger partial charge >= 0.3 is 11.9 Å². The molecular weight excluding hydrogens is 336 g/mol. The molecule has 0 saturated carbocycles. The first kappa shape index (κ1) is 18.9. The molecule has 0 radical (unpaired) electrons. The molecule has 0 aromatic heterocycles. The van der Waals surface area contributed by atoms with Gasteiger partial charge in [-0.15, -0.1) is 0 Å². The van der Waals surface area contributed by atoms with Gasteiger partial charge in [-0.2, -0.15) is 0 Å². The first-order valence-electron chi connectivity index (χ1n) is 8.98. The molecule has 26 heavy (non-hydrogen) atoms. The maximum absolute atomic E-state index is 12.4. The number of hydrogen-bond acceptors (Lipinski definition) is 6. The molecule has 3 aliphatic rings. The lowest BCUT2D eigenvalue weighted by Gasteiger charge is -2.30. The molecule has 3 heterocycles. The predicted molar refractivity (Wildman–Crippen MR) is 93.8 cm³/mol. The van der Waals surface area contributed by atoms with Gasteiger partial charge < -0.3 is 19.3 Å². The van der Waals surface area contributed by atoms with E-state index >= 15 is 0 Å². The number of rotatable bonds is 2. The topological polar surface area (TPSA) is 82.1 Å². The number of carbonyl (C=O) groups excluding carboxylic acids is 2. The first-order valence-corrected chi connectivity index (χ1v) is 8.98. The van der Waals surface area contributed by atoms with Crippen LogP contribution < -0.4 is 0 Å². The van der Waals surface area contributed by atoms with Crippen molar-refractivity contribution < 1.29 is 28.9 Å². The van der Waals surface area contributed by atoms with Crippen LogP contribution >= 0.6 is 0 Å². The monoisotopic (exact) mass is 362 g/mol. The third-order valence-corrected chi connectivity index (χ3v) is 5.48. The van der Waals surface area contributed by atoms with Crippen molar-refractivity contribution in [3.8, 4) is 0 Å². The quantitative estimate of drug-likeness (QED) is 0.462. The van der Waals surface area contributed by atoms with Gasteiger partial charge in [0.1, 0.15) is 18.3 Å². The van der Waals surface area contributed by atoms with Crippen molar-refractivity contribution in [2.24, 2.45) is 11.8 Å². The Morgan fingerprint density at radius 2 is 2.19 bits per heavy atom. The number of allylic oxidation sites excluding steroid dienone is 1. The smallest absolute Gasteiger partial charge is 0.334 e. The highest BCUT2D eigenvalue weighted by Gasteiger charge is 2.54. The molecule has 2 saturated heterocycles. The SMILES string of the molecule is C=C1C(=O)O[C@H]2[C@H]1[C@@H](OC(=O)/C(C)=C\C)C[C@@H](C)C[C@]1(O)C=C(C)[C@@H]2O1. The third kappa shape index (κ3) is 3.23. The Morgan fingerprint density at radius 1 is 1.50 bits per heavy atom. The summed E-state index contributed by atoms with van der Waals surface area (Å²) in [5.41, 5.74) is 1.58. The van der Waals surface area contributed by atoms with Crippen LogP contribution in [0.5, 0.6) is 0 Å². The Bertz CT molecular complexity index is 705. The zero-order valence-corrected chi connectivity index (χ0v) is 15.7. The van der Waals surface area contributed by atoms with E-state index in [0.29, 0.717) is 18.4 Å². The van der Waals surface area contributed by atoms with Crippen LogP contribution in [-0.4, -0.2) is 41.1 Å². The summed E-state index contributed by atoms with van der Waals surface area (Å²) in [6, 6.07) is 0. The molecule has 142 valence electrons. The van der Waals surface area contributed by atoms with Gasteiger partial charge in [0.25, 0.3) is 0 Å². The van der Waals surface area contributed by atoms with E-state index in [1.165, 1.54) is 0 Å². The molecule has 0 spiro atoms. The molecule has 0 aliphatic carbocycles. The van der Waals surface area contributed by atoms with Crippen molar-refractivity contribution >= 4 is 11.9 Å². The van der Waals surface area contributed by atoms with E-state index in [9.17, 15) is 14.7 Å². The Hall–Kier alpha value is -1.92. The summed E-state index contributed by atoms with van der Waals surface area (Å²) < 4.78 is 17.2. The van der Waals surface area contributed by atoms with E-state index in [2.05, 4.69) is 6.58 Å². The van der Waals surface area contributed by atoms with Crippen LogP contribution in [0.25, 0.3) is 0 Å². The van der Waals surface area contributed by atoms with Crippen molar-refractivity contribution in [1.82, 2.24) is 0 Å². The zero-order valence-electron chi connectivity index (χ0n) is 15.7. The van der Waals surface area contributed by atoms with Gasteiger partial charge in [0.2, 0.25) is 0 Å². The highest BCUT2D eigenvalue weighted by molar-refractivity contribution is 5.91. The molecule has 6 atom stereocenters. The minimum absolute atomic E-state index is 0.00577. The van der Waals surface area contributed by atoms with E-state index in [1.807, 2.05) is 13.8 Å². The van der Waals surface area contributed by atoms with Gasteiger partial charge in [-0.05, 0) is 44.8 Å². The van der Waals surface area contributed by atoms with Crippen LogP contribution in [0.4, 0.5) is 0 Å². The minimum Gasteiger partial charge on any atom is -0.458 e. The minimum atomic E-state index is -1.40. The van der Waals surface area contributed by atoms with Crippen LogP contribution in [-0.2, 0) is 23.8 Å². The molecule has 3 rings (SSSR count). The second kappa shape index (κ2) is 6.67. The molecule has 1 N–H and O–H groups in total. The van der Waals surface area contributed by atoms with Gasteiger partial charge in [0.05, 0.1) is 5.92 Å². The molecule has 0 unspecified atom stereocenters. The second-order valence-corrected chi connectivity index (χ2v) is 7.65. The normalized spacial score (nSPS) is 40.1. The van der Waals surface area contributed by atoms with E-state index in [0.717, 1.165) is 5.57 Å². The summed E-state index contributed by atoms with van der Waals surface area (Å²) in [5.74, 6) is -2.84. The molecule has 0 amide bonds. The molecule has 3 aliphatic heterocycles. The lowest BCUT2D eigenvalue weighted by molar-refractivity contribution is -0.203. The fraction of sp³-hybridized carbons (Fsp3) is 0.600. The summed E-state index contributed by atoms with van der Waals surface area (Å²) in [5, 5.41) is 10.8. The molecule has 0 aromatic carbocycles. The Morgan fingerprint density at radius 3 is 2.85 bits per heavy atom. The van der Waals surface area contributed by atoms with Crippen LogP contribution in [0.15, 0.2) is 35.5 Å². The number of esters is 2. The first-order chi connectivity index (χ1) is 12.1. The lowest BCUT2D eigenvalue weighted by Crippen LogP contribution is -2.41. The summed E-state index contributed by atoms with van der Waals surface area (Å²) in [6.07, 6.45) is 2.40. The Balaban J connectivity index is 1.99. The lowest BCUT2D eigenvalue weighted by atomic mass is 9.81. The highest BCUT2D eigenvalue weighted by Crippen LogP contribution is 2.45. The van der Waals surface area contributed by atoms with Crippen molar-refractivity contribution in [2.75, 3.05) is 0 Å². The van der Waals surface area contributed by atoms with Crippen molar-refractivity contribution in [3.63, 3.8) is 0 Å². The van der Waals surface area contributed by atoms with Gasteiger partial charge in [-0.1, -0.05) is 19.6 Å². The van der Waals surface area contributed by atoms with E-state index in [-0.39, 0.29) is 11.5 Å². The van der Waals surface area contributed by atoms with Gasteiger partial charge in [-0.25, -0.2) is 9.59 Å². The average molecular weight is 362 g/mol. The molecule has 0 aromatic rings. The van der Waals surface area contributed by atoms with E-state index in [1.54, 1.807) is 26.0 Å². The van der Waals surface area contributed by atoms with Crippen LogP contribution in [0.1, 0.15) is 40.5 Å². The molecular formula is C20H26O6. The maximum Gasteiger partial charge on any atom is 0.334 e. The summed E-state index contributed by atoms with van der Waals surface area (Å²) in [6.45, 7) is 11.1. The largest absolute Gasteiger partial charge is 0.458 e. The molecule has 6 nitrogen and oxygen atoms in total. The molecule has 2 bridgehead atoms. The second-order valence-electron chi connectivity index (χ2n) is 7.65. The van der Waals surface area contributed by atoms with Crippen LogP contribution in [0, 0.1) is 11.8 Å². The number of carbonyl (C=O) groups is 2. The van der Waals surface area contributed by atoms with Crippen LogP contribution in [0.2, 0.25) is 0 Å². The Labute approximate surface area is 153 Å². The van der Waals surface area contributed by atoms with Gasteiger partial charge in [0.15, 0.2) is 5.79 Å². The zero-order chi connectivity index (χ0) is 19.2. The molecule has 6 heteroatoms. The predicted octanol–water partition coefficient (Wildman–Crippen LogP) is 2.43. The fourth-order valence-electron chi connectivity index (χ4n) is 4.11. The number of aliphatic hydroxyl groups is 1. The standard InChI is InChI=1S/C20H26O6/c1-6-11(3)18(21)24-14-7-10(2)8-20(23)9-12(4)16(26-20)17-15(14)13(5)19(22)25-17/h6,9-10,14-17,23H,5,7-8H2,1-4H3/b11-6-/t10-,14+,15-,16+,17+,20-/m1/s1. The van der Waals surface area contributed by atoms with Crippen LogP contribution in [0.3, 0.4) is 0 Å². The maximum atomic E-state index is 12.4. The molecule has 2 fully saturated rings. The summed E-state index contributed by atoms with van der Waals surface area (Å²) >= 11 is 0. The number of ether oxygens (including phenoxy) is 3. The Kier molecular flexibility index (Phi) is 4.84. The summed E-state index contributed by atoms with van der Waals surface area (Å²) in [4.78, 5) is 24.6. The number of hydrogen-bond donors (Lipinski definition) is 1. The average Bonchev–Trinajstić information content (AvgIpc) is 3.02. The van der Waals surface area contributed by atoms with Crippen molar-refractivity contribution in [3.05, 3.63) is 35.5 Å². The van der Waals surface area contributed by atoms with Gasteiger partial charge in [-0.3, -0.25) is 0 Å². The van der Waals surface area contributed by atoms with E-state index in [4.69, 9.17) is 14.2 Å². The summed E-state index contributed by atoms with van der Waals surface area (Å²) in [7, 11) is 0. The van der Waals surface area contributed by atoms with Crippen molar-refractivity contribution in [2.45, 2.75) is 64.6 Å². The third-order valence-electron chi connectivity index (χ3n) is 5.48. The highest BCUT2D eigenvalue weighted by atomic mass is 16.7.